The van der Waals surface area contributed by atoms with Crippen molar-refractivity contribution in [3.8, 4) is 0 Å². The van der Waals surface area contributed by atoms with Crippen LogP contribution in [0.15, 0.2) is 46.1 Å². The highest BCUT2D eigenvalue weighted by molar-refractivity contribution is 7.91. The van der Waals surface area contributed by atoms with E-state index >= 15 is 0 Å². The van der Waals surface area contributed by atoms with Crippen LogP contribution in [0, 0.1) is 0 Å². The van der Waals surface area contributed by atoms with E-state index in [-0.39, 0.29) is 9.90 Å². The van der Waals surface area contributed by atoms with Crippen LogP contribution in [-0.2, 0) is 10.0 Å². The molecule has 2 aromatic heterocycles. The highest BCUT2D eigenvalue weighted by atomic mass is 32.2. The van der Waals surface area contributed by atoms with E-state index in [2.05, 4.69) is 10.4 Å². The van der Waals surface area contributed by atoms with Crippen molar-refractivity contribution in [3.63, 3.8) is 0 Å². The van der Waals surface area contributed by atoms with Gasteiger partial charge in [-0.25, -0.2) is 8.42 Å². The third-order valence-corrected chi connectivity index (χ3v) is 4.60. The van der Waals surface area contributed by atoms with Crippen LogP contribution in [0.3, 0.4) is 0 Å². The van der Waals surface area contributed by atoms with E-state index in [1.165, 1.54) is 18.3 Å². The molecule has 2 rings (SSSR count). The summed E-state index contributed by atoms with van der Waals surface area (Å²) in [5.74, 6) is -0.615. The Balaban J connectivity index is 2.03. The Morgan fingerprint density at radius 1 is 1.22 bits per heavy atom. The fourth-order valence-electron chi connectivity index (χ4n) is 1.14. The second-order valence-electron chi connectivity index (χ2n) is 3.21. The fourth-order valence-corrected chi connectivity index (χ4v) is 2.97. The van der Waals surface area contributed by atoms with Gasteiger partial charge in [-0.05, 0) is 23.6 Å². The summed E-state index contributed by atoms with van der Waals surface area (Å²) in [6.45, 7) is 0. The quantitative estimate of drug-likeness (QED) is 0.811. The molecule has 1 amide bonds. The maximum Gasteiger partial charge on any atom is 0.284 e. The van der Waals surface area contributed by atoms with Gasteiger partial charge in [0, 0.05) is 6.20 Å². The molecule has 0 aromatic carbocycles. The van der Waals surface area contributed by atoms with Crippen molar-refractivity contribution >= 4 is 27.3 Å². The van der Waals surface area contributed by atoms with Crippen LogP contribution in [0.4, 0.5) is 0 Å². The Morgan fingerprint density at radius 3 is 2.67 bits per heavy atom. The second kappa shape index (κ2) is 5.25. The zero-order valence-electron chi connectivity index (χ0n) is 9.03. The lowest BCUT2D eigenvalue weighted by atomic mass is 10.3. The van der Waals surface area contributed by atoms with Crippen LogP contribution in [0.5, 0.6) is 0 Å². The number of aromatic nitrogens is 1. The van der Waals surface area contributed by atoms with Crippen molar-refractivity contribution in [2.75, 3.05) is 0 Å². The Hall–Kier alpha value is -1.77. The van der Waals surface area contributed by atoms with Crippen molar-refractivity contribution in [2.45, 2.75) is 4.21 Å². The molecule has 2 N–H and O–H groups in total. The van der Waals surface area contributed by atoms with E-state index in [0.717, 1.165) is 11.3 Å². The van der Waals surface area contributed by atoms with Gasteiger partial charge >= 0.3 is 0 Å². The normalized spacial score (nSPS) is 11.1. The fraction of sp³-hybridized carbons (Fsp3) is 0. The molecular formula is C10H9N3O3S2. The van der Waals surface area contributed by atoms with Gasteiger partial charge in [0.25, 0.3) is 15.9 Å². The molecule has 94 valence electrons. The van der Waals surface area contributed by atoms with E-state index < -0.39 is 15.9 Å². The Morgan fingerprint density at radius 2 is 2.06 bits per heavy atom. The van der Waals surface area contributed by atoms with E-state index in [1.54, 1.807) is 23.6 Å². The summed E-state index contributed by atoms with van der Waals surface area (Å²) in [5.41, 5.74) is 2.23. The van der Waals surface area contributed by atoms with Gasteiger partial charge in [0.15, 0.2) is 0 Å². The van der Waals surface area contributed by atoms with Gasteiger partial charge in [0.2, 0.25) is 0 Å². The molecule has 8 heteroatoms. The predicted octanol–water partition coefficient (Wildman–Crippen LogP) is 0.766. The summed E-state index contributed by atoms with van der Waals surface area (Å²) in [6, 6.07) is 7.83. The number of hydrazine groups is 1. The molecule has 18 heavy (non-hydrogen) atoms. The highest BCUT2D eigenvalue weighted by Gasteiger charge is 2.16. The molecule has 0 fully saturated rings. The van der Waals surface area contributed by atoms with Crippen molar-refractivity contribution in [1.82, 2.24) is 15.2 Å². The van der Waals surface area contributed by atoms with E-state index in [4.69, 9.17) is 0 Å². The zero-order chi connectivity index (χ0) is 13.0. The van der Waals surface area contributed by atoms with Gasteiger partial charge in [0.05, 0.1) is 0 Å². The number of carbonyl (C=O) groups is 1. The molecule has 2 heterocycles. The minimum Gasteiger partial charge on any atom is -0.272 e. The number of carbonyl (C=O) groups excluding carboxylic acids is 1. The number of sulfonamides is 1. The number of nitrogens with zero attached hydrogens (tertiary/aromatic N) is 1. The van der Waals surface area contributed by atoms with Gasteiger partial charge in [0.1, 0.15) is 9.90 Å². The molecular weight excluding hydrogens is 274 g/mol. The van der Waals surface area contributed by atoms with Gasteiger partial charge in [-0.2, -0.15) is 0 Å². The molecule has 6 nitrogen and oxygen atoms in total. The summed E-state index contributed by atoms with van der Waals surface area (Å²) in [7, 11) is -3.71. The number of amides is 1. The summed E-state index contributed by atoms with van der Waals surface area (Å²) >= 11 is 1.06. The monoisotopic (exact) mass is 283 g/mol. The first kappa shape index (κ1) is 12.7. The Labute approximate surface area is 108 Å². The van der Waals surface area contributed by atoms with Crippen LogP contribution < -0.4 is 10.3 Å². The topological polar surface area (TPSA) is 88.2 Å². The summed E-state index contributed by atoms with van der Waals surface area (Å²) < 4.78 is 23.5. The molecule has 2 aromatic rings. The van der Waals surface area contributed by atoms with Crippen LogP contribution >= 0.6 is 11.3 Å². The molecule has 0 aliphatic carbocycles. The summed E-state index contributed by atoms with van der Waals surface area (Å²) in [6.07, 6.45) is 1.45. The van der Waals surface area contributed by atoms with Crippen LogP contribution in [0.1, 0.15) is 10.5 Å². The second-order valence-corrected chi connectivity index (χ2v) is 6.06. The molecule has 0 spiro atoms. The van der Waals surface area contributed by atoms with E-state index in [9.17, 15) is 13.2 Å². The first-order valence-electron chi connectivity index (χ1n) is 4.86. The lowest BCUT2D eigenvalue weighted by Crippen LogP contribution is -2.41. The molecule has 0 saturated carbocycles. The number of rotatable bonds is 4. The minimum absolute atomic E-state index is 0.129. The minimum atomic E-state index is -3.71. The number of pyridine rings is 1. The highest BCUT2D eigenvalue weighted by Crippen LogP contribution is 2.14. The van der Waals surface area contributed by atoms with Gasteiger partial charge in [-0.15, -0.1) is 16.2 Å². The van der Waals surface area contributed by atoms with Crippen LogP contribution in [-0.4, -0.2) is 19.3 Å². The van der Waals surface area contributed by atoms with Crippen molar-refractivity contribution in [2.24, 2.45) is 0 Å². The SMILES string of the molecule is O=C(NNS(=O)(=O)c1cccs1)c1ccccn1. The lowest BCUT2D eigenvalue weighted by molar-refractivity contribution is 0.0940. The Kier molecular flexibility index (Phi) is 3.70. The molecule has 0 aliphatic heterocycles. The molecule has 0 saturated heterocycles. The molecule has 0 unspecified atom stereocenters. The van der Waals surface area contributed by atoms with Crippen LogP contribution in [0.25, 0.3) is 0 Å². The van der Waals surface area contributed by atoms with Crippen molar-refractivity contribution < 1.29 is 13.2 Å². The molecule has 0 atom stereocenters. The predicted molar refractivity (Wildman–Crippen MR) is 66.3 cm³/mol. The first-order valence-corrected chi connectivity index (χ1v) is 7.22. The van der Waals surface area contributed by atoms with Crippen molar-refractivity contribution in [3.05, 3.63) is 47.6 Å². The summed E-state index contributed by atoms with van der Waals surface area (Å²) in [4.78, 5) is 17.4. The first-order chi connectivity index (χ1) is 8.59. The third kappa shape index (κ3) is 2.92. The van der Waals surface area contributed by atoms with Crippen molar-refractivity contribution in [1.29, 1.82) is 0 Å². The largest absolute Gasteiger partial charge is 0.284 e. The van der Waals surface area contributed by atoms with Crippen LogP contribution in [0.2, 0.25) is 0 Å². The maximum absolute atomic E-state index is 11.7. The number of thiophene rings is 1. The van der Waals surface area contributed by atoms with E-state index in [0.29, 0.717) is 0 Å². The van der Waals surface area contributed by atoms with Gasteiger partial charge in [-0.3, -0.25) is 15.2 Å². The lowest BCUT2D eigenvalue weighted by Gasteiger charge is -2.05. The van der Waals surface area contributed by atoms with E-state index in [1.807, 2.05) is 4.83 Å². The third-order valence-electron chi connectivity index (χ3n) is 1.96. The molecule has 0 bridgehead atoms. The number of hydrogen-bond donors (Lipinski definition) is 2. The average molecular weight is 283 g/mol. The summed E-state index contributed by atoms with van der Waals surface area (Å²) in [5, 5.41) is 1.63. The van der Waals surface area contributed by atoms with Gasteiger partial charge in [-0.1, -0.05) is 12.1 Å². The van der Waals surface area contributed by atoms with Gasteiger partial charge < -0.3 is 0 Å². The number of nitrogens with one attached hydrogen (secondary N) is 2. The smallest absolute Gasteiger partial charge is 0.272 e. The average Bonchev–Trinajstić information content (AvgIpc) is 2.92. The molecule has 0 aliphatic rings. The standard InChI is InChI=1S/C10H9N3O3S2/c14-10(8-4-1-2-6-11-8)12-13-18(15,16)9-5-3-7-17-9/h1-7,13H,(H,12,14). The Bertz CT molecular complexity index is 624. The maximum atomic E-state index is 11.7. The zero-order valence-corrected chi connectivity index (χ0v) is 10.7. The molecule has 0 radical (unpaired) electrons. The number of hydrogen-bond acceptors (Lipinski definition) is 5.